The molecule has 0 N–H and O–H groups in total. The molecule has 0 bridgehead atoms. The SMILES string of the molecule is Cc1cc(F)ccc1Oc1cc(N2CCN(CCN3CCOCC3)CC2)ncn1. The summed E-state index contributed by atoms with van der Waals surface area (Å²) in [6.45, 7) is 11.7. The zero-order chi connectivity index (χ0) is 20.1. The third kappa shape index (κ3) is 5.41. The van der Waals surface area contributed by atoms with Gasteiger partial charge in [-0.05, 0) is 30.7 Å². The lowest BCUT2D eigenvalue weighted by atomic mass is 10.2. The average molecular weight is 401 g/mol. The van der Waals surface area contributed by atoms with E-state index in [1.807, 2.05) is 13.0 Å². The number of rotatable bonds is 6. The van der Waals surface area contributed by atoms with E-state index in [9.17, 15) is 4.39 Å². The normalized spacial score (nSPS) is 18.8. The molecule has 0 radical (unpaired) electrons. The second-order valence-electron chi connectivity index (χ2n) is 7.51. The van der Waals surface area contributed by atoms with Crippen LogP contribution in [0.4, 0.5) is 10.2 Å². The Hall–Kier alpha value is -2.29. The van der Waals surface area contributed by atoms with Crippen LogP contribution in [0.2, 0.25) is 0 Å². The Morgan fingerprint density at radius 1 is 0.966 bits per heavy atom. The highest BCUT2D eigenvalue weighted by atomic mass is 19.1. The smallest absolute Gasteiger partial charge is 0.224 e. The molecule has 156 valence electrons. The van der Waals surface area contributed by atoms with Crippen molar-refractivity contribution in [3.8, 4) is 11.6 Å². The molecule has 2 aliphatic heterocycles. The van der Waals surface area contributed by atoms with Gasteiger partial charge in [-0.3, -0.25) is 9.80 Å². The van der Waals surface area contributed by atoms with Gasteiger partial charge in [-0.15, -0.1) is 0 Å². The van der Waals surface area contributed by atoms with Gasteiger partial charge in [0.05, 0.1) is 13.2 Å². The molecule has 2 aliphatic rings. The fourth-order valence-corrected chi connectivity index (χ4v) is 3.71. The molecule has 0 unspecified atom stereocenters. The van der Waals surface area contributed by atoms with Crippen molar-refractivity contribution in [1.82, 2.24) is 19.8 Å². The van der Waals surface area contributed by atoms with E-state index in [2.05, 4.69) is 24.7 Å². The number of piperazine rings is 1. The first kappa shape index (κ1) is 20.0. The Morgan fingerprint density at radius 2 is 1.69 bits per heavy atom. The predicted molar refractivity (Wildman–Crippen MR) is 109 cm³/mol. The maximum atomic E-state index is 13.3. The second-order valence-corrected chi connectivity index (χ2v) is 7.51. The van der Waals surface area contributed by atoms with E-state index >= 15 is 0 Å². The van der Waals surface area contributed by atoms with Crippen LogP contribution >= 0.6 is 0 Å². The number of halogens is 1. The summed E-state index contributed by atoms with van der Waals surface area (Å²) in [5, 5.41) is 0. The number of hydrogen-bond donors (Lipinski definition) is 0. The summed E-state index contributed by atoms with van der Waals surface area (Å²) in [5.41, 5.74) is 0.735. The Balaban J connectivity index is 1.30. The largest absolute Gasteiger partial charge is 0.439 e. The van der Waals surface area contributed by atoms with Crippen LogP contribution in [0, 0.1) is 12.7 Å². The molecule has 2 saturated heterocycles. The highest BCUT2D eigenvalue weighted by Crippen LogP contribution is 2.26. The molecule has 1 aromatic carbocycles. The van der Waals surface area contributed by atoms with E-state index in [4.69, 9.17) is 9.47 Å². The summed E-state index contributed by atoms with van der Waals surface area (Å²) in [5.74, 6) is 1.66. The first-order valence-electron chi connectivity index (χ1n) is 10.2. The van der Waals surface area contributed by atoms with Crippen molar-refractivity contribution in [3.05, 3.63) is 42.0 Å². The number of benzene rings is 1. The van der Waals surface area contributed by atoms with Crippen LogP contribution in [-0.2, 0) is 4.74 Å². The van der Waals surface area contributed by atoms with Gasteiger partial charge in [0.15, 0.2) is 0 Å². The van der Waals surface area contributed by atoms with Crippen molar-refractivity contribution < 1.29 is 13.9 Å². The molecule has 4 rings (SSSR count). The Kier molecular flexibility index (Phi) is 6.53. The highest BCUT2D eigenvalue weighted by Gasteiger charge is 2.20. The van der Waals surface area contributed by atoms with Gasteiger partial charge >= 0.3 is 0 Å². The lowest BCUT2D eigenvalue weighted by molar-refractivity contribution is 0.0331. The third-order valence-corrected chi connectivity index (χ3v) is 5.51. The Morgan fingerprint density at radius 3 is 2.41 bits per heavy atom. The fourth-order valence-electron chi connectivity index (χ4n) is 3.71. The summed E-state index contributed by atoms with van der Waals surface area (Å²) in [6.07, 6.45) is 1.52. The fraction of sp³-hybridized carbons (Fsp3) is 0.524. The standard InChI is InChI=1S/C21H28FN5O2/c1-17-14-18(22)2-3-19(17)29-21-15-20(23-16-24-21)27-8-6-25(7-9-27)4-5-26-10-12-28-13-11-26/h2-3,14-16H,4-13H2,1H3. The molecule has 2 fully saturated rings. The zero-order valence-electron chi connectivity index (χ0n) is 16.9. The number of aromatic nitrogens is 2. The van der Waals surface area contributed by atoms with E-state index in [-0.39, 0.29) is 5.82 Å². The maximum Gasteiger partial charge on any atom is 0.224 e. The molecular formula is C21H28FN5O2. The summed E-state index contributed by atoms with van der Waals surface area (Å²) in [6, 6.07) is 6.32. The van der Waals surface area contributed by atoms with Crippen LogP contribution in [0.25, 0.3) is 0 Å². The molecule has 0 amide bonds. The average Bonchev–Trinajstić information content (AvgIpc) is 2.76. The first-order chi connectivity index (χ1) is 14.2. The Bertz CT molecular complexity index is 807. The molecule has 0 spiro atoms. The molecule has 3 heterocycles. The summed E-state index contributed by atoms with van der Waals surface area (Å²) < 4.78 is 24.5. The lowest BCUT2D eigenvalue weighted by Gasteiger charge is -2.36. The van der Waals surface area contributed by atoms with Gasteiger partial charge in [0.1, 0.15) is 23.7 Å². The van der Waals surface area contributed by atoms with Crippen molar-refractivity contribution in [2.75, 3.05) is 70.5 Å². The van der Waals surface area contributed by atoms with Gasteiger partial charge in [0, 0.05) is 58.4 Å². The van der Waals surface area contributed by atoms with Crippen LogP contribution < -0.4 is 9.64 Å². The Labute approximate surface area is 171 Å². The van der Waals surface area contributed by atoms with Gasteiger partial charge in [-0.2, -0.15) is 0 Å². The minimum atomic E-state index is -0.273. The monoisotopic (exact) mass is 401 g/mol. The van der Waals surface area contributed by atoms with Gasteiger partial charge < -0.3 is 14.4 Å². The maximum absolute atomic E-state index is 13.3. The molecule has 0 aliphatic carbocycles. The van der Waals surface area contributed by atoms with E-state index in [1.54, 1.807) is 6.07 Å². The van der Waals surface area contributed by atoms with Crippen LogP contribution in [0.15, 0.2) is 30.6 Å². The van der Waals surface area contributed by atoms with Gasteiger partial charge in [0.25, 0.3) is 0 Å². The third-order valence-electron chi connectivity index (χ3n) is 5.51. The molecule has 2 aromatic rings. The minimum Gasteiger partial charge on any atom is -0.439 e. The number of morpholine rings is 1. The first-order valence-corrected chi connectivity index (χ1v) is 10.2. The van der Waals surface area contributed by atoms with Crippen molar-refractivity contribution in [3.63, 3.8) is 0 Å². The molecule has 0 saturated carbocycles. The van der Waals surface area contributed by atoms with E-state index < -0.39 is 0 Å². The topological polar surface area (TPSA) is 54.0 Å². The van der Waals surface area contributed by atoms with Gasteiger partial charge in [-0.1, -0.05) is 0 Å². The van der Waals surface area contributed by atoms with E-state index in [1.165, 1.54) is 18.5 Å². The molecular weight excluding hydrogens is 373 g/mol. The quantitative estimate of drug-likeness (QED) is 0.735. The lowest BCUT2D eigenvalue weighted by Crippen LogP contribution is -2.49. The number of anilines is 1. The molecule has 29 heavy (non-hydrogen) atoms. The predicted octanol–water partition coefficient (Wildman–Crippen LogP) is 2.17. The van der Waals surface area contributed by atoms with Crippen LogP contribution in [0.3, 0.4) is 0 Å². The van der Waals surface area contributed by atoms with E-state index in [0.717, 1.165) is 77.0 Å². The molecule has 7 nitrogen and oxygen atoms in total. The van der Waals surface area contributed by atoms with E-state index in [0.29, 0.717) is 11.6 Å². The minimum absolute atomic E-state index is 0.273. The zero-order valence-corrected chi connectivity index (χ0v) is 16.9. The van der Waals surface area contributed by atoms with Gasteiger partial charge in [-0.25, -0.2) is 14.4 Å². The summed E-state index contributed by atoms with van der Waals surface area (Å²) in [4.78, 5) is 15.9. The second kappa shape index (κ2) is 9.47. The van der Waals surface area contributed by atoms with Crippen molar-refractivity contribution >= 4 is 5.82 Å². The van der Waals surface area contributed by atoms with Gasteiger partial charge in [0.2, 0.25) is 5.88 Å². The van der Waals surface area contributed by atoms with Crippen LogP contribution in [0.5, 0.6) is 11.6 Å². The van der Waals surface area contributed by atoms with Crippen molar-refractivity contribution in [2.45, 2.75) is 6.92 Å². The summed E-state index contributed by atoms with van der Waals surface area (Å²) >= 11 is 0. The number of ether oxygens (including phenoxy) is 2. The van der Waals surface area contributed by atoms with Crippen molar-refractivity contribution in [1.29, 1.82) is 0 Å². The highest BCUT2D eigenvalue weighted by molar-refractivity contribution is 5.43. The molecule has 1 aromatic heterocycles. The molecule has 8 heteroatoms. The number of aryl methyl sites for hydroxylation is 1. The number of nitrogens with zero attached hydrogens (tertiary/aromatic N) is 5. The molecule has 0 atom stereocenters. The van der Waals surface area contributed by atoms with Crippen molar-refractivity contribution in [2.24, 2.45) is 0 Å². The number of hydrogen-bond acceptors (Lipinski definition) is 7. The summed E-state index contributed by atoms with van der Waals surface area (Å²) in [7, 11) is 0. The van der Waals surface area contributed by atoms with Crippen LogP contribution in [0.1, 0.15) is 5.56 Å². The van der Waals surface area contributed by atoms with Crippen LogP contribution in [-0.4, -0.2) is 85.3 Å².